The van der Waals surface area contributed by atoms with Crippen LogP contribution in [0.1, 0.15) is 21.4 Å². The molecule has 2 aromatic heterocycles. The molecule has 1 N–H and O–H groups in total. The maximum absolute atomic E-state index is 13.0. The zero-order valence-electron chi connectivity index (χ0n) is 15.7. The molecular weight excluding hydrogens is 426 g/mol. The molecule has 1 atom stereocenters. The molecule has 10 heteroatoms. The van der Waals surface area contributed by atoms with Crippen molar-refractivity contribution < 1.29 is 24.2 Å². The second kappa shape index (κ2) is 7.22. The smallest absolute Gasteiger partial charge is 0.301 e. The minimum absolute atomic E-state index is 0.00808. The summed E-state index contributed by atoms with van der Waals surface area (Å²) in [5.41, 5.74) is 1.87. The number of aromatic nitrogens is 2. The zero-order valence-corrected chi connectivity index (χ0v) is 17.3. The Balaban J connectivity index is 1.68. The molecule has 1 fully saturated rings. The highest BCUT2D eigenvalue weighted by molar-refractivity contribution is 7.14. The van der Waals surface area contributed by atoms with Crippen LogP contribution in [0.4, 0.5) is 5.13 Å². The second-order valence-electron chi connectivity index (χ2n) is 6.70. The summed E-state index contributed by atoms with van der Waals surface area (Å²) in [6.45, 7) is 2.78. The van der Waals surface area contributed by atoms with Crippen molar-refractivity contribution in [3.8, 4) is 11.5 Å². The molecule has 1 amide bonds. The van der Waals surface area contributed by atoms with Crippen LogP contribution in [0.2, 0.25) is 0 Å². The average molecular weight is 441 g/mol. The van der Waals surface area contributed by atoms with Gasteiger partial charge >= 0.3 is 5.91 Å². The number of ether oxygens (including phenoxy) is 2. The number of nitrogens with zero attached hydrogens (tertiary/aromatic N) is 3. The molecule has 2 aliphatic heterocycles. The van der Waals surface area contributed by atoms with E-state index in [4.69, 9.17) is 9.47 Å². The van der Waals surface area contributed by atoms with Crippen molar-refractivity contribution in [2.45, 2.75) is 13.0 Å². The first-order valence-electron chi connectivity index (χ1n) is 9.08. The van der Waals surface area contributed by atoms with E-state index in [0.29, 0.717) is 35.4 Å². The quantitative estimate of drug-likeness (QED) is 0.378. The Morgan fingerprint density at radius 1 is 1.17 bits per heavy atom. The van der Waals surface area contributed by atoms with Gasteiger partial charge in [0, 0.05) is 15.3 Å². The summed E-state index contributed by atoms with van der Waals surface area (Å²) in [7, 11) is 0. The Kier molecular flexibility index (Phi) is 4.52. The Labute approximate surface area is 179 Å². The highest BCUT2D eigenvalue weighted by atomic mass is 32.1. The van der Waals surface area contributed by atoms with Gasteiger partial charge in [-0.3, -0.25) is 14.5 Å². The molecule has 3 aromatic rings. The molecule has 4 heterocycles. The molecule has 0 aliphatic carbocycles. The fourth-order valence-corrected chi connectivity index (χ4v) is 5.08. The van der Waals surface area contributed by atoms with Crippen molar-refractivity contribution in [3.05, 3.63) is 56.7 Å². The predicted molar refractivity (Wildman–Crippen MR) is 111 cm³/mol. The van der Waals surface area contributed by atoms with Gasteiger partial charge in [0.2, 0.25) is 5.13 Å². The normalized spacial score (nSPS) is 20.0. The van der Waals surface area contributed by atoms with Crippen molar-refractivity contribution in [3.63, 3.8) is 0 Å². The second-order valence-corrected chi connectivity index (χ2v) is 8.83. The molecule has 1 unspecified atom stereocenters. The van der Waals surface area contributed by atoms with Gasteiger partial charge in [-0.2, -0.15) is 0 Å². The van der Waals surface area contributed by atoms with Crippen LogP contribution in [0.15, 0.2) is 41.4 Å². The number of aliphatic hydroxyl groups excluding tert-OH is 1. The van der Waals surface area contributed by atoms with Gasteiger partial charge in [0.05, 0.1) is 5.57 Å². The minimum Gasteiger partial charge on any atom is -0.507 e. The molecule has 1 saturated heterocycles. The highest BCUT2D eigenvalue weighted by Crippen LogP contribution is 2.45. The molecular formula is C20H15N3O5S2. The number of ketones is 1. The fraction of sp³-hybridized carbons (Fsp3) is 0.200. The number of anilines is 1. The van der Waals surface area contributed by atoms with Gasteiger partial charge in [0.15, 0.2) is 11.5 Å². The zero-order chi connectivity index (χ0) is 20.8. The van der Waals surface area contributed by atoms with Crippen molar-refractivity contribution >= 4 is 45.3 Å². The number of benzene rings is 1. The van der Waals surface area contributed by atoms with Crippen LogP contribution in [0.3, 0.4) is 0 Å². The maximum atomic E-state index is 13.0. The molecule has 0 radical (unpaired) electrons. The number of hydrogen-bond acceptors (Lipinski definition) is 9. The predicted octanol–water partition coefficient (Wildman–Crippen LogP) is 3.31. The van der Waals surface area contributed by atoms with Crippen LogP contribution < -0.4 is 14.4 Å². The van der Waals surface area contributed by atoms with E-state index in [1.54, 1.807) is 18.2 Å². The van der Waals surface area contributed by atoms with Crippen molar-refractivity contribution in [1.29, 1.82) is 0 Å². The topological polar surface area (TPSA) is 102 Å². The van der Waals surface area contributed by atoms with E-state index in [2.05, 4.69) is 10.2 Å². The number of thiophene rings is 1. The molecule has 0 saturated carbocycles. The SMILES string of the molecule is Cc1ccc(C2/C(=C(\O)c3ccc4c(c3)OCCO4)C(=O)C(=O)N2c2nncs2)s1. The lowest BCUT2D eigenvalue weighted by atomic mass is 9.99. The lowest BCUT2D eigenvalue weighted by molar-refractivity contribution is -0.132. The Morgan fingerprint density at radius 3 is 2.67 bits per heavy atom. The van der Waals surface area contributed by atoms with Crippen LogP contribution in [0.5, 0.6) is 11.5 Å². The van der Waals surface area contributed by atoms with Crippen molar-refractivity contribution in [2.24, 2.45) is 0 Å². The first kappa shape index (κ1) is 18.8. The van der Waals surface area contributed by atoms with E-state index in [0.717, 1.165) is 21.1 Å². The van der Waals surface area contributed by atoms with Gasteiger partial charge in [-0.15, -0.1) is 21.5 Å². The average Bonchev–Trinajstić information content (AvgIpc) is 3.48. The molecule has 1 aromatic carbocycles. The standard InChI is InChI=1S/C20H15N3O5S2/c1-10-2-5-14(30-10)16-15(18(25)19(26)23(16)20-22-21-9-29-20)17(24)11-3-4-12-13(8-11)28-7-6-27-12/h2-5,8-9,16,24H,6-7H2,1H3/b17-15+. The lowest BCUT2D eigenvalue weighted by Gasteiger charge is -2.21. The van der Waals surface area contributed by atoms with Crippen molar-refractivity contribution in [2.75, 3.05) is 18.1 Å². The number of rotatable bonds is 3. The molecule has 30 heavy (non-hydrogen) atoms. The van der Waals surface area contributed by atoms with Crippen LogP contribution in [-0.2, 0) is 9.59 Å². The Morgan fingerprint density at radius 2 is 1.97 bits per heavy atom. The van der Waals surface area contributed by atoms with Crippen LogP contribution >= 0.6 is 22.7 Å². The largest absolute Gasteiger partial charge is 0.507 e. The van der Waals surface area contributed by atoms with E-state index in [9.17, 15) is 14.7 Å². The van der Waals surface area contributed by atoms with Gasteiger partial charge in [-0.05, 0) is 37.3 Å². The van der Waals surface area contributed by atoms with E-state index >= 15 is 0 Å². The third kappa shape index (κ3) is 2.96. The summed E-state index contributed by atoms with van der Waals surface area (Å²) >= 11 is 2.60. The molecule has 0 bridgehead atoms. The summed E-state index contributed by atoms with van der Waals surface area (Å²) in [5, 5.41) is 19.2. The molecule has 8 nitrogen and oxygen atoms in total. The highest BCUT2D eigenvalue weighted by Gasteiger charge is 2.48. The van der Waals surface area contributed by atoms with E-state index < -0.39 is 17.7 Å². The Hall–Kier alpha value is -3.24. The number of carbonyl (C=O) groups is 2. The molecule has 0 spiro atoms. The van der Waals surface area contributed by atoms with Crippen LogP contribution in [0.25, 0.3) is 5.76 Å². The van der Waals surface area contributed by atoms with Gasteiger partial charge in [-0.25, -0.2) is 0 Å². The van der Waals surface area contributed by atoms with Gasteiger partial charge < -0.3 is 14.6 Å². The third-order valence-corrected chi connectivity index (χ3v) is 6.59. The maximum Gasteiger partial charge on any atom is 0.301 e. The summed E-state index contributed by atoms with van der Waals surface area (Å²) in [5.74, 6) is -0.742. The number of carbonyl (C=O) groups excluding carboxylic acids is 2. The lowest BCUT2D eigenvalue weighted by Crippen LogP contribution is -2.29. The number of aliphatic hydroxyl groups is 1. The number of aryl methyl sites for hydroxylation is 1. The van der Waals surface area contributed by atoms with E-state index in [-0.39, 0.29) is 11.3 Å². The fourth-order valence-electron chi connectivity index (χ4n) is 3.52. The van der Waals surface area contributed by atoms with Crippen molar-refractivity contribution in [1.82, 2.24) is 10.2 Å². The van der Waals surface area contributed by atoms with E-state index in [1.807, 2.05) is 19.1 Å². The number of Topliss-reactive ketones (excluding diaryl/α,β-unsaturated/α-hetero) is 1. The van der Waals surface area contributed by atoms with E-state index in [1.165, 1.54) is 21.7 Å². The first-order chi connectivity index (χ1) is 14.5. The van der Waals surface area contributed by atoms with Crippen LogP contribution in [0, 0.1) is 6.92 Å². The summed E-state index contributed by atoms with van der Waals surface area (Å²) < 4.78 is 11.1. The number of amides is 1. The molecule has 2 aliphatic rings. The van der Waals surface area contributed by atoms with Gasteiger partial charge in [0.1, 0.15) is 30.5 Å². The number of hydrogen-bond donors (Lipinski definition) is 1. The minimum atomic E-state index is -0.787. The third-order valence-electron chi connectivity index (χ3n) is 4.85. The summed E-state index contributed by atoms with van der Waals surface area (Å²) in [6, 6.07) is 7.89. The molecule has 152 valence electrons. The number of fused-ring (bicyclic) bond motifs is 1. The van der Waals surface area contributed by atoms with Crippen LogP contribution in [-0.4, -0.2) is 40.2 Å². The Bertz CT molecular complexity index is 1190. The summed E-state index contributed by atoms with van der Waals surface area (Å²) in [6.07, 6.45) is 0. The molecule has 5 rings (SSSR count). The van der Waals surface area contributed by atoms with Gasteiger partial charge in [-0.1, -0.05) is 11.3 Å². The summed E-state index contributed by atoms with van der Waals surface area (Å²) in [4.78, 5) is 29.0. The first-order valence-corrected chi connectivity index (χ1v) is 10.8. The van der Waals surface area contributed by atoms with Gasteiger partial charge in [0.25, 0.3) is 5.78 Å². The monoisotopic (exact) mass is 441 g/mol.